The van der Waals surface area contributed by atoms with E-state index in [1.165, 1.54) is 23.5 Å². The Kier molecular flexibility index (Phi) is 5.26. The number of thiazole rings is 1. The maximum atomic E-state index is 13.4. The van der Waals surface area contributed by atoms with Gasteiger partial charge in [-0.3, -0.25) is 4.79 Å². The quantitative estimate of drug-likeness (QED) is 0.648. The van der Waals surface area contributed by atoms with Gasteiger partial charge in [0, 0.05) is 19.5 Å². The molecule has 1 atom stereocenters. The van der Waals surface area contributed by atoms with E-state index >= 15 is 0 Å². The summed E-state index contributed by atoms with van der Waals surface area (Å²) in [5.41, 5.74) is 1.64. The molecule has 0 spiro atoms. The van der Waals surface area contributed by atoms with Gasteiger partial charge >= 0.3 is 0 Å². The third-order valence-corrected chi connectivity index (χ3v) is 6.06. The number of carbonyl (C=O) groups is 1. The Morgan fingerprint density at radius 2 is 2.25 bits per heavy atom. The summed E-state index contributed by atoms with van der Waals surface area (Å²) in [6, 6.07) is 6.49. The first-order valence-corrected chi connectivity index (χ1v) is 10.2. The van der Waals surface area contributed by atoms with Gasteiger partial charge in [0.15, 0.2) is 5.89 Å². The maximum absolute atomic E-state index is 13.4. The summed E-state index contributed by atoms with van der Waals surface area (Å²) in [6.07, 6.45) is 4.05. The molecule has 2 aromatic heterocycles. The van der Waals surface area contributed by atoms with Gasteiger partial charge in [-0.25, -0.2) is 14.4 Å². The number of oxazole rings is 1. The number of aryl methyl sites for hydroxylation is 2. The maximum Gasteiger partial charge on any atom is 0.265 e. The molecule has 0 aliphatic carbocycles. The molecule has 146 valence electrons. The van der Waals surface area contributed by atoms with Crippen molar-refractivity contribution >= 4 is 17.2 Å². The minimum absolute atomic E-state index is 0.0411. The highest BCUT2D eigenvalue weighted by Gasteiger charge is 2.30. The second kappa shape index (κ2) is 7.83. The fraction of sp³-hybridized carbons (Fsp3) is 0.381. The Hall–Kier alpha value is -2.54. The van der Waals surface area contributed by atoms with Gasteiger partial charge in [-0.05, 0) is 44.4 Å². The molecule has 1 fully saturated rings. The lowest BCUT2D eigenvalue weighted by Crippen LogP contribution is -2.39. The van der Waals surface area contributed by atoms with Gasteiger partial charge in [0.1, 0.15) is 16.5 Å². The molecule has 1 amide bonds. The molecule has 1 aliphatic rings. The Balaban J connectivity index is 1.45. The van der Waals surface area contributed by atoms with Gasteiger partial charge in [-0.1, -0.05) is 12.1 Å². The molecule has 0 radical (unpaired) electrons. The molecule has 3 aromatic rings. The zero-order valence-corrected chi connectivity index (χ0v) is 16.8. The summed E-state index contributed by atoms with van der Waals surface area (Å²) >= 11 is 1.45. The Bertz CT molecular complexity index is 997. The average Bonchev–Trinajstić information content (AvgIpc) is 3.27. The molecule has 5 nitrogen and oxygen atoms in total. The van der Waals surface area contributed by atoms with Crippen LogP contribution in [0.25, 0.3) is 0 Å². The SMILES string of the molecule is Cc1nc(C)c(C(=O)N2CCCC(c3ncc(Cc4cccc(F)c4)o3)C2)s1. The van der Waals surface area contributed by atoms with E-state index < -0.39 is 0 Å². The normalized spacial score (nSPS) is 17.1. The van der Waals surface area contributed by atoms with Gasteiger partial charge in [0.05, 0.1) is 22.8 Å². The van der Waals surface area contributed by atoms with Crippen molar-refractivity contribution in [1.29, 1.82) is 0 Å². The highest BCUT2D eigenvalue weighted by molar-refractivity contribution is 7.13. The molecule has 0 saturated carbocycles. The summed E-state index contributed by atoms with van der Waals surface area (Å²) < 4.78 is 19.3. The highest BCUT2D eigenvalue weighted by atomic mass is 32.1. The number of rotatable bonds is 4. The number of halogens is 1. The molecule has 1 saturated heterocycles. The standard InChI is InChI=1S/C21H22FN3O2S/c1-13-19(28-14(2)24-13)21(26)25-8-4-6-16(12-25)20-23-11-18(27-20)10-15-5-3-7-17(22)9-15/h3,5,7,9,11,16H,4,6,8,10,12H2,1-2H3. The molecule has 1 unspecified atom stereocenters. The van der Waals surface area contributed by atoms with E-state index in [0.29, 0.717) is 24.6 Å². The average molecular weight is 399 g/mol. The summed E-state index contributed by atoms with van der Waals surface area (Å²) in [7, 11) is 0. The molecule has 1 aromatic carbocycles. The number of nitrogens with zero attached hydrogens (tertiary/aromatic N) is 3. The van der Waals surface area contributed by atoms with Crippen LogP contribution in [-0.2, 0) is 6.42 Å². The lowest BCUT2D eigenvalue weighted by atomic mass is 9.98. The van der Waals surface area contributed by atoms with Crippen molar-refractivity contribution in [2.45, 2.75) is 39.0 Å². The number of aromatic nitrogens is 2. The van der Waals surface area contributed by atoms with Crippen LogP contribution in [-0.4, -0.2) is 33.9 Å². The van der Waals surface area contributed by atoms with E-state index in [1.54, 1.807) is 12.3 Å². The molecule has 0 bridgehead atoms. The zero-order chi connectivity index (χ0) is 19.7. The minimum atomic E-state index is -0.257. The van der Waals surface area contributed by atoms with E-state index in [-0.39, 0.29) is 17.6 Å². The number of amides is 1. The van der Waals surface area contributed by atoms with Crippen LogP contribution in [0.1, 0.15) is 56.3 Å². The Morgan fingerprint density at radius 1 is 1.39 bits per heavy atom. The van der Waals surface area contributed by atoms with Crippen LogP contribution < -0.4 is 0 Å². The number of hydrogen-bond donors (Lipinski definition) is 0. The van der Waals surface area contributed by atoms with Gasteiger partial charge in [-0.15, -0.1) is 11.3 Å². The van der Waals surface area contributed by atoms with Crippen molar-refractivity contribution in [2.24, 2.45) is 0 Å². The van der Waals surface area contributed by atoms with Crippen molar-refractivity contribution in [2.75, 3.05) is 13.1 Å². The van der Waals surface area contributed by atoms with Crippen LogP contribution in [0.15, 0.2) is 34.9 Å². The van der Waals surface area contributed by atoms with Gasteiger partial charge < -0.3 is 9.32 Å². The first-order chi connectivity index (χ1) is 13.5. The highest BCUT2D eigenvalue weighted by Crippen LogP contribution is 2.29. The largest absolute Gasteiger partial charge is 0.445 e. The fourth-order valence-corrected chi connectivity index (χ4v) is 4.57. The van der Waals surface area contributed by atoms with E-state index in [4.69, 9.17) is 4.42 Å². The third-order valence-electron chi connectivity index (χ3n) is 4.99. The summed E-state index contributed by atoms with van der Waals surface area (Å²) in [5.74, 6) is 1.22. The number of likely N-dealkylation sites (tertiary alicyclic amines) is 1. The molecule has 0 N–H and O–H groups in total. The topological polar surface area (TPSA) is 59.2 Å². The first kappa shape index (κ1) is 18.8. The molecular formula is C21H22FN3O2S. The van der Waals surface area contributed by atoms with E-state index in [0.717, 1.165) is 40.5 Å². The molecule has 28 heavy (non-hydrogen) atoms. The van der Waals surface area contributed by atoms with Crippen molar-refractivity contribution < 1.29 is 13.6 Å². The van der Waals surface area contributed by atoms with Crippen LogP contribution >= 0.6 is 11.3 Å². The van der Waals surface area contributed by atoms with Gasteiger partial charge in [0.25, 0.3) is 5.91 Å². The molecule has 4 rings (SSSR count). The van der Waals surface area contributed by atoms with Crippen LogP contribution in [0.4, 0.5) is 4.39 Å². The molecule has 7 heteroatoms. The summed E-state index contributed by atoms with van der Waals surface area (Å²) in [5, 5.41) is 0.907. The van der Waals surface area contributed by atoms with Crippen LogP contribution in [0, 0.1) is 19.7 Å². The minimum Gasteiger partial charge on any atom is -0.445 e. The number of piperidine rings is 1. The van der Waals surface area contributed by atoms with Gasteiger partial charge in [-0.2, -0.15) is 0 Å². The Morgan fingerprint density at radius 3 is 3.00 bits per heavy atom. The zero-order valence-electron chi connectivity index (χ0n) is 15.9. The van der Waals surface area contributed by atoms with E-state index in [2.05, 4.69) is 9.97 Å². The summed E-state index contributed by atoms with van der Waals surface area (Å²) in [4.78, 5) is 24.3. The molecular weight excluding hydrogens is 377 g/mol. The van der Waals surface area contributed by atoms with Crippen LogP contribution in [0.3, 0.4) is 0 Å². The lowest BCUT2D eigenvalue weighted by molar-refractivity contribution is 0.0702. The number of hydrogen-bond acceptors (Lipinski definition) is 5. The first-order valence-electron chi connectivity index (χ1n) is 9.42. The predicted molar refractivity (Wildman–Crippen MR) is 105 cm³/mol. The lowest BCUT2D eigenvalue weighted by Gasteiger charge is -2.31. The number of benzene rings is 1. The molecule has 3 heterocycles. The summed E-state index contributed by atoms with van der Waals surface area (Å²) in [6.45, 7) is 5.13. The van der Waals surface area contributed by atoms with Gasteiger partial charge in [0.2, 0.25) is 0 Å². The van der Waals surface area contributed by atoms with Crippen molar-refractivity contribution in [3.05, 3.63) is 69.1 Å². The van der Waals surface area contributed by atoms with E-state index in [1.807, 2.05) is 24.8 Å². The van der Waals surface area contributed by atoms with Crippen molar-refractivity contribution in [3.63, 3.8) is 0 Å². The van der Waals surface area contributed by atoms with Crippen LogP contribution in [0.5, 0.6) is 0 Å². The second-order valence-electron chi connectivity index (χ2n) is 7.21. The molecule has 1 aliphatic heterocycles. The second-order valence-corrected chi connectivity index (χ2v) is 8.41. The smallest absolute Gasteiger partial charge is 0.265 e. The third kappa shape index (κ3) is 3.99. The van der Waals surface area contributed by atoms with Crippen molar-refractivity contribution in [3.8, 4) is 0 Å². The van der Waals surface area contributed by atoms with E-state index in [9.17, 15) is 9.18 Å². The predicted octanol–water partition coefficient (Wildman–Crippen LogP) is 4.50. The monoisotopic (exact) mass is 399 g/mol. The van der Waals surface area contributed by atoms with Crippen LogP contribution in [0.2, 0.25) is 0 Å². The number of carbonyl (C=O) groups excluding carboxylic acids is 1. The Labute approximate surface area is 167 Å². The fourth-order valence-electron chi connectivity index (χ4n) is 3.68. The van der Waals surface area contributed by atoms with Crippen molar-refractivity contribution in [1.82, 2.24) is 14.9 Å².